The molecular weight excluding hydrogens is 268 g/mol. The lowest BCUT2D eigenvalue weighted by atomic mass is 10.2. The Hall–Kier alpha value is -1.76. The van der Waals surface area contributed by atoms with Gasteiger partial charge in [0.25, 0.3) is 6.43 Å². The van der Waals surface area contributed by atoms with Crippen LogP contribution in [0.5, 0.6) is 0 Å². The maximum atomic E-state index is 12.6. The lowest BCUT2D eigenvalue weighted by molar-refractivity contribution is 0.0543. The molecular formula is C13H19F2N3O2. The van der Waals surface area contributed by atoms with Gasteiger partial charge in [-0.3, -0.25) is 9.88 Å². The van der Waals surface area contributed by atoms with Gasteiger partial charge in [0.05, 0.1) is 24.1 Å². The van der Waals surface area contributed by atoms with Crippen molar-refractivity contribution in [3.8, 4) is 0 Å². The van der Waals surface area contributed by atoms with Crippen LogP contribution in [0, 0.1) is 0 Å². The minimum Gasteiger partial charge on any atom is -0.443 e. The number of alkyl halides is 2. The first-order chi connectivity index (χ1) is 9.23. The Labute approximate surface area is 116 Å². The zero-order chi connectivity index (χ0) is 15.3. The quantitative estimate of drug-likeness (QED) is 0.924. The number of halogens is 2. The van der Waals surface area contributed by atoms with Crippen LogP contribution in [0.3, 0.4) is 0 Å². The largest absolute Gasteiger partial charge is 0.443 e. The highest BCUT2D eigenvalue weighted by atomic mass is 19.3. The molecule has 1 aromatic rings. The minimum absolute atomic E-state index is 0.238. The van der Waals surface area contributed by atoms with Crippen molar-refractivity contribution >= 4 is 11.8 Å². The summed E-state index contributed by atoms with van der Waals surface area (Å²) in [6, 6.07) is 3.10. The van der Waals surface area contributed by atoms with E-state index in [0.717, 1.165) is 4.90 Å². The van der Waals surface area contributed by atoms with E-state index in [2.05, 4.69) is 4.98 Å². The molecule has 0 unspecified atom stereocenters. The van der Waals surface area contributed by atoms with Gasteiger partial charge in [0.15, 0.2) is 0 Å². The van der Waals surface area contributed by atoms with Crippen LogP contribution in [0.15, 0.2) is 18.3 Å². The predicted molar refractivity (Wildman–Crippen MR) is 71.7 cm³/mol. The van der Waals surface area contributed by atoms with Crippen LogP contribution in [0.4, 0.5) is 19.3 Å². The van der Waals surface area contributed by atoms with Gasteiger partial charge < -0.3 is 10.5 Å². The molecule has 0 saturated carbocycles. The lowest BCUT2D eigenvalue weighted by Gasteiger charge is -2.27. The second-order valence-electron chi connectivity index (χ2n) is 5.19. The van der Waals surface area contributed by atoms with Gasteiger partial charge in [-0.25, -0.2) is 13.6 Å². The Bertz CT molecular complexity index is 444. The zero-order valence-electron chi connectivity index (χ0n) is 11.8. The summed E-state index contributed by atoms with van der Waals surface area (Å²) < 4.78 is 30.4. The number of nitrogens with two attached hydrogens (primary N) is 1. The van der Waals surface area contributed by atoms with Crippen LogP contribution >= 0.6 is 0 Å². The van der Waals surface area contributed by atoms with Crippen LogP contribution in [-0.4, -0.2) is 29.6 Å². The fourth-order valence-corrected chi connectivity index (χ4v) is 1.44. The van der Waals surface area contributed by atoms with Gasteiger partial charge in [-0.05, 0) is 32.9 Å². The molecule has 0 fully saturated rings. The third-order valence-corrected chi connectivity index (χ3v) is 2.26. The number of amides is 1. The van der Waals surface area contributed by atoms with Crippen molar-refractivity contribution in [2.75, 3.05) is 11.4 Å². The summed E-state index contributed by atoms with van der Waals surface area (Å²) in [6.45, 7) is 4.49. The van der Waals surface area contributed by atoms with Crippen molar-refractivity contribution in [1.82, 2.24) is 4.98 Å². The summed E-state index contributed by atoms with van der Waals surface area (Å²) in [6.07, 6.45) is -2.18. The number of ether oxygens (including phenoxy) is 1. The van der Waals surface area contributed by atoms with Crippen molar-refractivity contribution in [3.63, 3.8) is 0 Å². The fourth-order valence-electron chi connectivity index (χ4n) is 1.44. The van der Waals surface area contributed by atoms with E-state index in [9.17, 15) is 13.6 Å². The SMILES string of the molecule is CC(C)(C)OC(=O)N(CC(F)F)c1ccc(CN)nc1. The summed E-state index contributed by atoms with van der Waals surface area (Å²) in [7, 11) is 0. The molecule has 1 aromatic heterocycles. The smallest absolute Gasteiger partial charge is 0.415 e. The van der Waals surface area contributed by atoms with Crippen LogP contribution in [-0.2, 0) is 11.3 Å². The molecule has 0 aliphatic carbocycles. The molecule has 7 heteroatoms. The topological polar surface area (TPSA) is 68.5 Å². The fraction of sp³-hybridized carbons (Fsp3) is 0.538. The molecule has 2 N–H and O–H groups in total. The van der Waals surface area contributed by atoms with E-state index >= 15 is 0 Å². The maximum absolute atomic E-state index is 12.6. The number of hydrogen-bond acceptors (Lipinski definition) is 4. The van der Waals surface area contributed by atoms with Gasteiger partial charge in [-0.2, -0.15) is 0 Å². The molecule has 1 rings (SSSR count). The average molecular weight is 287 g/mol. The van der Waals surface area contributed by atoms with Gasteiger partial charge in [0.1, 0.15) is 5.60 Å². The Morgan fingerprint density at radius 1 is 1.45 bits per heavy atom. The Morgan fingerprint density at radius 2 is 2.10 bits per heavy atom. The van der Waals surface area contributed by atoms with E-state index in [-0.39, 0.29) is 12.2 Å². The molecule has 0 atom stereocenters. The number of carbonyl (C=O) groups is 1. The lowest BCUT2D eigenvalue weighted by Crippen LogP contribution is -2.39. The first-order valence-corrected chi connectivity index (χ1v) is 6.16. The summed E-state index contributed by atoms with van der Waals surface area (Å²) in [4.78, 5) is 16.8. The van der Waals surface area contributed by atoms with Crippen LogP contribution in [0.25, 0.3) is 0 Å². The Morgan fingerprint density at radius 3 is 2.50 bits per heavy atom. The standard InChI is InChI=1S/C13H19F2N3O2/c1-13(2,3)20-12(19)18(8-11(14)15)10-5-4-9(6-16)17-7-10/h4-5,7,11H,6,8,16H2,1-3H3. The minimum atomic E-state index is -2.67. The average Bonchev–Trinajstić information content (AvgIpc) is 2.34. The normalized spacial score (nSPS) is 11.6. The summed E-state index contributed by atoms with van der Waals surface area (Å²) >= 11 is 0. The summed E-state index contributed by atoms with van der Waals surface area (Å²) in [5.41, 5.74) is 5.50. The molecule has 0 bridgehead atoms. The summed E-state index contributed by atoms with van der Waals surface area (Å²) in [5, 5.41) is 0. The van der Waals surface area contributed by atoms with E-state index in [4.69, 9.17) is 10.5 Å². The highest BCUT2D eigenvalue weighted by Gasteiger charge is 2.26. The van der Waals surface area contributed by atoms with Crippen molar-refractivity contribution < 1.29 is 18.3 Å². The molecule has 0 spiro atoms. The first kappa shape index (κ1) is 16.3. The second-order valence-corrected chi connectivity index (χ2v) is 5.19. The number of carbonyl (C=O) groups excluding carboxylic acids is 1. The Kier molecular flexibility index (Phi) is 5.38. The molecule has 0 aliphatic rings. The molecule has 0 radical (unpaired) electrons. The summed E-state index contributed by atoms with van der Waals surface area (Å²) in [5.74, 6) is 0. The molecule has 112 valence electrons. The first-order valence-electron chi connectivity index (χ1n) is 6.16. The molecule has 1 amide bonds. The van der Waals surface area contributed by atoms with E-state index < -0.39 is 24.7 Å². The van der Waals surface area contributed by atoms with Crippen LogP contribution in [0.2, 0.25) is 0 Å². The van der Waals surface area contributed by atoms with Gasteiger partial charge in [-0.1, -0.05) is 0 Å². The zero-order valence-corrected chi connectivity index (χ0v) is 11.8. The van der Waals surface area contributed by atoms with Gasteiger partial charge in [0, 0.05) is 6.54 Å². The van der Waals surface area contributed by atoms with Crippen molar-refractivity contribution in [1.29, 1.82) is 0 Å². The highest BCUT2D eigenvalue weighted by Crippen LogP contribution is 2.19. The van der Waals surface area contributed by atoms with Gasteiger partial charge in [0.2, 0.25) is 0 Å². The number of pyridine rings is 1. The van der Waals surface area contributed by atoms with E-state index in [1.54, 1.807) is 26.8 Å². The van der Waals surface area contributed by atoms with Gasteiger partial charge in [-0.15, -0.1) is 0 Å². The predicted octanol–water partition coefficient (Wildman–Crippen LogP) is 2.55. The third kappa shape index (κ3) is 5.08. The molecule has 0 aromatic carbocycles. The number of anilines is 1. The van der Waals surface area contributed by atoms with Crippen molar-refractivity contribution in [3.05, 3.63) is 24.0 Å². The molecule has 20 heavy (non-hydrogen) atoms. The number of hydrogen-bond donors (Lipinski definition) is 1. The maximum Gasteiger partial charge on any atom is 0.415 e. The van der Waals surface area contributed by atoms with E-state index in [0.29, 0.717) is 5.69 Å². The highest BCUT2D eigenvalue weighted by molar-refractivity contribution is 5.87. The van der Waals surface area contributed by atoms with Crippen molar-refractivity contribution in [2.45, 2.75) is 39.3 Å². The van der Waals surface area contributed by atoms with Crippen molar-refractivity contribution in [2.24, 2.45) is 5.73 Å². The monoisotopic (exact) mass is 287 g/mol. The van der Waals surface area contributed by atoms with Gasteiger partial charge >= 0.3 is 6.09 Å². The molecule has 1 heterocycles. The van der Waals surface area contributed by atoms with Crippen LogP contribution < -0.4 is 10.6 Å². The van der Waals surface area contributed by atoms with E-state index in [1.807, 2.05) is 0 Å². The third-order valence-electron chi connectivity index (χ3n) is 2.26. The molecule has 0 saturated heterocycles. The molecule has 0 aliphatic heterocycles. The second kappa shape index (κ2) is 6.60. The van der Waals surface area contributed by atoms with Crippen LogP contribution in [0.1, 0.15) is 26.5 Å². The number of aromatic nitrogens is 1. The number of rotatable bonds is 4. The number of nitrogens with zero attached hydrogens (tertiary/aromatic N) is 2. The molecule has 5 nitrogen and oxygen atoms in total. The Balaban J connectivity index is 2.95. The van der Waals surface area contributed by atoms with E-state index in [1.165, 1.54) is 12.3 Å².